The second kappa shape index (κ2) is 10.0. The zero-order chi connectivity index (χ0) is 22.5. The molecule has 1 unspecified atom stereocenters. The van der Waals surface area contributed by atoms with Crippen LogP contribution < -0.4 is 15.6 Å². The van der Waals surface area contributed by atoms with E-state index in [2.05, 4.69) is 15.3 Å². The molecule has 0 aliphatic rings. The smallest absolute Gasteiger partial charge is 0.260 e. The molecule has 32 heavy (non-hydrogen) atoms. The summed E-state index contributed by atoms with van der Waals surface area (Å²) in [5.41, 5.74) is 2.37. The van der Waals surface area contributed by atoms with Crippen LogP contribution in [0.25, 0.3) is 21.3 Å². The average Bonchev–Trinajstić information content (AvgIpc) is 3.24. The molecule has 2 aromatic carbocycles. The summed E-state index contributed by atoms with van der Waals surface area (Å²) in [6, 6.07) is 17.2. The van der Waals surface area contributed by atoms with Crippen molar-refractivity contribution < 1.29 is 9.53 Å². The van der Waals surface area contributed by atoms with Gasteiger partial charge >= 0.3 is 0 Å². The van der Waals surface area contributed by atoms with Gasteiger partial charge in [0.2, 0.25) is 5.91 Å². The van der Waals surface area contributed by atoms with Crippen molar-refractivity contribution >= 4 is 44.9 Å². The predicted octanol–water partition coefficient (Wildman–Crippen LogP) is 5.31. The highest BCUT2D eigenvalue weighted by atomic mass is 32.2. The molecule has 1 amide bonds. The summed E-state index contributed by atoms with van der Waals surface area (Å²) in [7, 11) is 0. The van der Waals surface area contributed by atoms with Crippen molar-refractivity contribution in [3.8, 4) is 16.9 Å². The Labute approximate surface area is 194 Å². The lowest BCUT2D eigenvalue weighted by Gasteiger charge is -2.14. The summed E-state index contributed by atoms with van der Waals surface area (Å²) in [6.07, 6.45) is 0. The maximum atomic E-state index is 12.8. The lowest BCUT2D eigenvalue weighted by atomic mass is 10.1. The molecular formula is C24H23N3O3S2. The lowest BCUT2D eigenvalue weighted by molar-refractivity contribution is -0.115. The van der Waals surface area contributed by atoms with Crippen LogP contribution in [-0.2, 0) is 10.5 Å². The van der Waals surface area contributed by atoms with Crippen molar-refractivity contribution in [2.75, 3.05) is 11.9 Å². The highest BCUT2D eigenvalue weighted by molar-refractivity contribution is 7.99. The molecule has 2 aromatic heterocycles. The van der Waals surface area contributed by atoms with Crippen molar-refractivity contribution in [2.45, 2.75) is 24.9 Å². The highest BCUT2D eigenvalue weighted by Gasteiger charge is 2.17. The van der Waals surface area contributed by atoms with E-state index in [0.29, 0.717) is 39.8 Å². The number of benzene rings is 2. The molecule has 1 atom stereocenters. The Hall–Kier alpha value is -3.10. The number of carbonyl (C=O) groups excluding carboxylic acids is 1. The number of hydrogen-bond acceptors (Lipinski definition) is 6. The van der Waals surface area contributed by atoms with Crippen molar-refractivity contribution in [3.63, 3.8) is 0 Å². The molecule has 0 saturated carbocycles. The topological polar surface area (TPSA) is 84.1 Å². The molecule has 2 N–H and O–H groups in total. The average molecular weight is 466 g/mol. The Morgan fingerprint density at radius 2 is 1.94 bits per heavy atom. The van der Waals surface area contributed by atoms with E-state index < -0.39 is 0 Å². The maximum absolute atomic E-state index is 12.8. The summed E-state index contributed by atoms with van der Waals surface area (Å²) in [5, 5.41) is 5.15. The Bertz CT molecular complexity index is 1280. The number of thiophene rings is 1. The minimum absolute atomic E-state index is 0.131. The van der Waals surface area contributed by atoms with Crippen LogP contribution in [-0.4, -0.2) is 27.7 Å². The number of fused-ring (bicyclic) bond motifs is 1. The van der Waals surface area contributed by atoms with E-state index in [9.17, 15) is 9.59 Å². The molecule has 0 aliphatic carbocycles. The molecule has 0 spiro atoms. The molecular weight excluding hydrogens is 442 g/mol. The quantitative estimate of drug-likeness (QED) is 0.368. The van der Waals surface area contributed by atoms with Crippen LogP contribution in [0, 0.1) is 0 Å². The van der Waals surface area contributed by atoms with Crippen LogP contribution >= 0.6 is 23.1 Å². The van der Waals surface area contributed by atoms with Gasteiger partial charge in [-0.1, -0.05) is 42.5 Å². The molecule has 2 heterocycles. The van der Waals surface area contributed by atoms with Crippen LogP contribution in [0.1, 0.15) is 19.7 Å². The number of H-pyrrole nitrogens is 1. The zero-order valence-corrected chi connectivity index (χ0v) is 19.4. The van der Waals surface area contributed by atoms with Crippen molar-refractivity contribution in [3.05, 3.63) is 76.2 Å². The number of carbonyl (C=O) groups is 1. The van der Waals surface area contributed by atoms with Crippen LogP contribution in [0.5, 0.6) is 5.75 Å². The van der Waals surface area contributed by atoms with Gasteiger partial charge in [0.1, 0.15) is 16.4 Å². The Morgan fingerprint density at radius 3 is 2.72 bits per heavy atom. The maximum Gasteiger partial charge on any atom is 0.260 e. The van der Waals surface area contributed by atoms with Gasteiger partial charge in [0.25, 0.3) is 5.56 Å². The Morgan fingerprint density at radius 1 is 1.19 bits per heavy atom. The van der Waals surface area contributed by atoms with Gasteiger partial charge < -0.3 is 15.0 Å². The Kier molecular flexibility index (Phi) is 6.92. The minimum atomic E-state index is -0.339. The first kappa shape index (κ1) is 22.1. The first-order valence-corrected chi connectivity index (χ1v) is 12.2. The number of hydrogen-bond donors (Lipinski definition) is 2. The molecule has 4 aromatic rings. The van der Waals surface area contributed by atoms with E-state index >= 15 is 0 Å². The van der Waals surface area contributed by atoms with Crippen LogP contribution in [0.3, 0.4) is 0 Å². The fraction of sp³-hybridized carbons (Fsp3) is 0.208. The van der Waals surface area contributed by atoms with Gasteiger partial charge in [-0.25, -0.2) is 4.98 Å². The molecule has 0 aliphatic heterocycles. The van der Waals surface area contributed by atoms with Gasteiger partial charge in [0.15, 0.2) is 0 Å². The fourth-order valence-electron chi connectivity index (χ4n) is 3.26. The summed E-state index contributed by atoms with van der Waals surface area (Å²) in [6.45, 7) is 4.25. The second-order valence-electron chi connectivity index (χ2n) is 7.08. The van der Waals surface area contributed by atoms with E-state index in [4.69, 9.17) is 4.74 Å². The fourth-order valence-corrected chi connectivity index (χ4v) is 4.98. The van der Waals surface area contributed by atoms with Gasteiger partial charge in [-0.05, 0) is 31.5 Å². The SMILES string of the molecule is CCOc1ccccc1NC(=O)C(C)SCc1nc2scc(-c3ccccc3)c2c(=O)[nH]1. The molecule has 4 rings (SSSR count). The molecule has 0 fully saturated rings. The number of aromatic nitrogens is 2. The van der Waals surface area contributed by atoms with E-state index in [1.54, 1.807) is 0 Å². The standard InChI is InChI=1S/C24H23N3O3S2/c1-3-30-19-12-8-7-11-18(19)25-22(28)15(2)31-14-20-26-23(29)21-17(13-32-24(21)27-20)16-9-5-4-6-10-16/h4-13,15H,3,14H2,1-2H3,(H,25,28)(H,26,27,29). The van der Waals surface area contributed by atoms with E-state index in [-0.39, 0.29) is 16.7 Å². The largest absolute Gasteiger partial charge is 0.492 e. The molecule has 0 radical (unpaired) electrons. The molecule has 8 heteroatoms. The number of anilines is 1. The van der Waals surface area contributed by atoms with Crippen LogP contribution in [0.2, 0.25) is 0 Å². The number of rotatable bonds is 8. The number of nitrogens with zero attached hydrogens (tertiary/aromatic N) is 1. The van der Waals surface area contributed by atoms with Gasteiger partial charge in [-0.3, -0.25) is 9.59 Å². The van der Waals surface area contributed by atoms with Gasteiger partial charge in [-0.15, -0.1) is 23.1 Å². The summed E-state index contributed by atoms with van der Waals surface area (Å²) in [4.78, 5) is 33.6. The summed E-state index contributed by atoms with van der Waals surface area (Å²) < 4.78 is 5.56. The zero-order valence-electron chi connectivity index (χ0n) is 17.8. The predicted molar refractivity (Wildman–Crippen MR) is 133 cm³/mol. The highest BCUT2D eigenvalue weighted by Crippen LogP contribution is 2.31. The molecule has 6 nitrogen and oxygen atoms in total. The van der Waals surface area contributed by atoms with Gasteiger partial charge in [0.05, 0.1) is 28.7 Å². The van der Waals surface area contributed by atoms with Gasteiger partial charge in [-0.2, -0.15) is 0 Å². The van der Waals surface area contributed by atoms with E-state index in [0.717, 1.165) is 11.1 Å². The minimum Gasteiger partial charge on any atom is -0.492 e. The second-order valence-corrected chi connectivity index (χ2v) is 9.27. The number of amides is 1. The molecule has 0 saturated heterocycles. The van der Waals surface area contributed by atoms with Crippen molar-refractivity contribution in [1.29, 1.82) is 0 Å². The van der Waals surface area contributed by atoms with Gasteiger partial charge in [0, 0.05) is 10.9 Å². The first-order chi connectivity index (χ1) is 15.6. The summed E-state index contributed by atoms with van der Waals surface area (Å²) >= 11 is 2.87. The molecule has 0 bridgehead atoms. The summed E-state index contributed by atoms with van der Waals surface area (Å²) in [5.74, 6) is 1.49. The number of nitrogens with one attached hydrogen (secondary N) is 2. The number of aromatic amines is 1. The third-order valence-electron chi connectivity index (χ3n) is 4.86. The monoisotopic (exact) mass is 465 g/mol. The molecule has 164 valence electrons. The van der Waals surface area contributed by atoms with Crippen LogP contribution in [0.4, 0.5) is 5.69 Å². The third kappa shape index (κ3) is 4.87. The number of ether oxygens (including phenoxy) is 1. The van der Waals surface area contributed by atoms with E-state index in [1.165, 1.54) is 23.1 Å². The Balaban J connectivity index is 1.45. The third-order valence-corrected chi connectivity index (χ3v) is 6.89. The lowest BCUT2D eigenvalue weighted by Crippen LogP contribution is -2.23. The van der Waals surface area contributed by atoms with Crippen LogP contribution in [0.15, 0.2) is 64.8 Å². The van der Waals surface area contributed by atoms with E-state index in [1.807, 2.05) is 73.8 Å². The normalized spacial score (nSPS) is 11.9. The van der Waals surface area contributed by atoms with Crippen molar-refractivity contribution in [1.82, 2.24) is 9.97 Å². The first-order valence-electron chi connectivity index (χ1n) is 10.3. The van der Waals surface area contributed by atoms with Crippen molar-refractivity contribution in [2.24, 2.45) is 0 Å². The number of para-hydroxylation sites is 2. The number of thioether (sulfide) groups is 1.